The van der Waals surface area contributed by atoms with E-state index in [9.17, 15) is 9.59 Å². The largest absolute Gasteiger partial charge is 0.376 e. The maximum Gasteiger partial charge on any atom is 0.320 e. The summed E-state index contributed by atoms with van der Waals surface area (Å²) < 4.78 is 22.8. The van der Waals surface area contributed by atoms with E-state index in [2.05, 4.69) is 59.2 Å². The van der Waals surface area contributed by atoms with E-state index in [0.29, 0.717) is 26.2 Å². The third kappa shape index (κ3) is 5.20. The summed E-state index contributed by atoms with van der Waals surface area (Å²) in [6, 6.07) is -0.344. The number of carbonyl (C=O) groups is 2. The second kappa shape index (κ2) is 11.7. The fourth-order valence-electron chi connectivity index (χ4n) is 7.88. The van der Waals surface area contributed by atoms with E-state index in [1.165, 1.54) is 6.08 Å². The van der Waals surface area contributed by atoms with Gasteiger partial charge in [0, 0.05) is 50.4 Å². The zero-order valence-electron chi connectivity index (χ0n) is 24.4. The number of ether oxygens (including phenoxy) is 1. The van der Waals surface area contributed by atoms with Gasteiger partial charge in [0.1, 0.15) is 12.3 Å². The molecule has 5 saturated heterocycles. The molecule has 0 saturated carbocycles. The molecule has 6 rings (SSSR count). The topological polar surface area (TPSA) is 116 Å². The Labute approximate surface area is 242 Å². The Kier molecular flexibility index (Phi) is 8.16. The molecule has 228 valence electrons. The van der Waals surface area contributed by atoms with Crippen molar-refractivity contribution < 1.29 is 18.7 Å². The van der Waals surface area contributed by atoms with Crippen molar-refractivity contribution in [3.63, 3.8) is 0 Å². The molecular formula is C28H46FN9O3. The summed E-state index contributed by atoms with van der Waals surface area (Å²) in [4.78, 5) is 32.6. The number of nitrogens with zero attached hydrogens (tertiary/aromatic N) is 4. The fraction of sp³-hybridized carbons (Fsp3) is 0.786. The second-order valence-electron chi connectivity index (χ2n) is 12.6. The van der Waals surface area contributed by atoms with E-state index >= 15 is 4.39 Å². The van der Waals surface area contributed by atoms with Gasteiger partial charge in [-0.2, -0.15) is 0 Å². The summed E-state index contributed by atoms with van der Waals surface area (Å²) in [7, 11) is 0. The van der Waals surface area contributed by atoms with Crippen molar-refractivity contribution >= 4 is 11.9 Å². The number of alkyl halides is 1. The summed E-state index contributed by atoms with van der Waals surface area (Å²) in [5.41, 5.74) is 7.13. The van der Waals surface area contributed by atoms with Gasteiger partial charge in [-0.05, 0) is 51.1 Å². The number of amides is 3. The van der Waals surface area contributed by atoms with Crippen LogP contribution in [-0.2, 0) is 9.53 Å². The molecule has 9 atom stereocenters. The van der Waals surface area contributed by atoms with Crippen LogP contribution in [0.1, 0.15) is 46.5 Å². The van der Waals surface area contributed by atoms with Crippen molar-refractivity contribution in [1.82, 2.24) is 46.6 Å². The van der Waals surface area contributed by atoms with Crippen molar-refractivity contribution in [3.8, 4) is 0 Å². The minimum atomic E-state index is -1.18. The van der Waals surface area contributed by atoms with Crippen LogP contribution >= 0.6 is 0 Å². The van der Waals surface area contributed by atoms with E-state index < -0.39 is 18.5 Å². The lowest BCUT2D eigenvalue weighted by molar-refractivity contribution is -0.135. The van der Waals surface area contributed by atoms with Gasteiger partial charge in [-0.15, -0.1) is 5.53 Å². The number of rotatable bonds is 3. The van der Waals surface area contributed by atoms with Crippen LogP contribution in [0.25, 0.3) is 0 Å². The minimum Gasteiger partial charge on any atom is -0.376 e. The Bertz CT molecular complexity index is 1050. The Hall–Kier alpha value is -2.45. The first-order valence-corrected chi connectivity index (χ1v) is 15.3. The molecule has 0 radical (unpaired) electrons. The molecule has 8 unspecified atom stereocenters. The van der Waals surface area contributed by atoms with E-state index in [1.54, 1.807) is 4.90 Å². The van der Waals surface area contributed by atoms with Crippen molar-refractivity contribution in [2.75, 3.05) is 32.8 Å². The van der Waals surface area contributed by atoms with Crippen molar-refractivity contribution in [3.05, 3.63) is 24.6 Å². The lowest BCUT2D eigenvalue weighted by Gasteiger charge is -2.59. The third-order valence-corrected chi connectivity index (χ3v) is 9.84. The van der Waals surface area contributed by atoms with Crippen LogP contribution in [0.15, 0.2) is 24.6 Å². The fourth-order valence-corrected chi connectivity index (χ4v) is 7.88. The van der Waals surface area contributed by atoms with E-state index in [-0.39, 0.29) is 60.6 Å². The van der Waals surface area contributed by atoms with Crippen LogP contribution in [0.5, 0.6) is 0 Å². The Morgan fingerprint density at radius 2 is 2.07 bits per heavy atom. The summed E-state index contributed by atoms with van der Waals surface area (Å²) in [6.07, 6.45) is 3.16. The zero-order chi connectivity index (χ0) is 28.8. The number of allylic oxidation sites excluding steroid dienone is 1. The highest BCUT2D eigenvalue weighted by Crippen LogP contribution is 2.39. The number of carbonyl (C=O) groups excluding carboxylic acids is 2. The highest BCUT2D eigenvalue weighted by Gasteiger charge is 2.56. The quantitative estimate of drug-likeness (QED) is 0.305. The van der Waals surface area contributed by atoms with Crippen LogP contribution < -0.4 is 26.9 Å². The average Bonchev–Trinajstić information content (AvgIpc) is 3.42. The highest BCUT2D eigenvalue weighted by molar-refractivity contribution is 5.87. The van der Waals surface area contributed by atoms with Crippen LogP contribution in [0.3, 0.4) is 0 Å². The van der Waals surface area contributed by atoms with E-state index in [4.69, 9.17) is 4.74 Å². The second-order valence-corrected chi connectivity index (χ2v) is 12.6. The van der Waals surface area contributed by atoms with Gasteiger partial charge in [0.25, 0.3) is 0 Å². The number of piperazine rings is 1. The van der Waals surface area contributed by atoms with Gasteiger partial charge in [0.2, 0.25) is 5.91 Å². The molecule has 0 aliphatic carbocycles. The maximum absolute atomic E-state index is 16.2. The number of hydrazine groups is 2. The van der Waals surface area contributed by atoms with E-state index in [0.717, 1.165) is 31.5 Å². The summed E-state index contributed by atoms with van der Waals surface area (Å²) in [5, 5.41) is 12.5. The standard InChI is InChI=1S/C28H46FN9O3/c1-5-22(39)35-10-11-36(17(4)15-35)25-19-13-20(29)27-32-26(19)37(28(40)33-25)24-21(8-9-30-23(24)16(2)3)41-12-6-7-18-14-31-34-38(18)27/h5,14,16-17,19-21,23-27,30-32,34H,1,6-13,15H2,2-4H3,(H,33,40)/t17-,19?,20?,21?,23?,24?,25?,26?,27?/m0/s1. The highest BCUT2D eigenvalue weighted by atomic mass is 19.1. The van der Waals surface area contributed by atoms with Gasteiger partial charge < -0.3 is 30.6 Å². The monoisotopic (exact) mass is 575 g/mol. The Balaban J connectivity index is 1.36. The molecule has 0 spiro atoms. The molecule has 5 fully saturated rings. The first-order valence-electron chi connectivity index (χ1n) is 15.3. The number of urea groups is 1. The molecule has 41 heavy (non-hydrogen) atoms. The smallest absolute Gasteiger partial charge is 0.320 e. The van der Waals surface area contributed by atoms with Crippen LogP contribution in [0, 0.1) is 11.8 Å². The molecule has 6 aliphatic heterocycles. The summed E-state index contributed by atoms with van der Waals surface area (Å²) in [6.45, 7) is 13.1. The van der Waals surface area contributed by atoms with Crippen LogP contribution in [-0.4, -0.2) is 113 Å². The molecule has 3 amide bonds. The molecule has 0 aromatic carbocycles. The molecule has 5 N–H and O–H groups in total. The normalized spacial score (nSPS) is 39.9. The number of fused-ring (bicyclic) bond motifs is 5. The molecule has 13 heteroatoms. The third-order valence-electron chi connectivity index (χ3n) is 9.84. The molecule has 6 heterocycles. The van der Waals surface area contributed by atoms with Gasteiger partial charge in [0.05, 0.1) is 30.2 Å². The van der Waals surface area contributed by atoms with Crippen molar-refractivity contribution in [1.29, 1.82) is 0 Å². The maximum atomic E-state index is 16.2. The zero-order valence-corrected chi connectivity index (χ0v) is 24.4. The van der Waals surface area contributed by atoms with Gasteiger partial charge >= 0.3 is 6.03 Å². The SMILES string of the molecule is C=CC(=O)N1CCN(C2NC(=O)N3C4NC(C(F)CC42)N2NNC=C2CCCOC2CCNC(C(C)C)C23)[C@@H](C)C1. The van der Waals surface area contributed by atoms with Gasteiger partial charge in [-0.25, -0.2) is 9.18 Å². The Morgan fingerprint density at radius 3 is 2.83 bits per heavy atom. The number of nitrogens with one attached hydrogen (secondary N) is 5. The number of halogens is 1. The summed E-state index contributed by atoms with van der Waals surface area (Å²) >= 11 is 0. The first kappa shape index (κ1) is 28.7. The minimum absolute atomic E-state index is 0.0126. The van der Waals surface area contributed by atoms with Gasteiger partial charge in [-0.1, -0.05) is 20.4 Å². The average molecular weight is 576 g/mol. The number of piperidine rings is 2. The van der Waals surface area contributed by atoms with Crippen LogP contribution in [0.2, 0.25) is 0 Å². The first-order chi connectivity index (χ1) is 19.8. The lowest BCUT2D eigenvalue weighted by Crippen LogP contribution is -2.81. The number of hydrogen-bond donors (Lipinski definition) is 5. The van der Waals surface area contributed by atoms with Gasteiger partial charge in [0.15, 0.2) is 0 Å². The summed E-state index contributed by atoms with van der Waals surface area (Å²) in [5.74, 6) is -0.0396. The van der Waals surface area contributed by atoms with Crippen molar-refractivity contribution in [2.45, 2.75) is 95.4 Å². The molecular weight excluding hydrogens is 529 g/mol. The van der Waals surface area contributed by atoms with Crippen LogP contribution in [0.4, 0.5) is 9.18 Å². The Morgan fingerprint density at radius 1 is 1.24 bits per heavy atom. The molecule has 12 nitrogen and oxygen atoms in total. The predicted molar refractivity (Wildman–Crippen MR) is 151 cm³/mol. The lowest BCUT2D eigenvalue weighted by atomic mass is 9.81. The molecule has 0 aromatic rings. The molecule has 2 bridgehead atoms. The molecule has 0 aromatic heterocycles. The van der Waals surface area contributed by atoms with Crippen molar-refractivity contribution in [2.24, 2.45) is 11.8 Å². The molecule has 6 aliphatic rings. The predicted octanol–water partition coefficient (Wildman–Crippen LogP) is 0.388. The number of hydrogen-bond acceptors (Lipinski definition) is 9. The van der Waals surface area contributed by atoms with E-state index in [1.807, 2.05) is 16.1 Å². The van der Waals surface area contributed by atoms with Gasteiger partial charge in [-0.3, -0.25) is 20.0 Å².